The van der Waals surface area contributed by atoms with Crippen LogP contribution in [0.4, 0.5) is 4.39 Å². The number of nitrogens with two attached hydrogens (primary N) is 1. The van der Waals surface area contributed by atoms with E-state index in [1.54, 1.807) is 27.7 Å². The number of benzene rings is 2. The molecule has 31 heavy (non-hydrogen) atoms. The van der Waals surface area contributed by atoms with Crippen molar-refractivity contribution in [2.75, 3.05) is 12.3 Å². The number of hydrogen-bond acceptors (Lipinski definition) is 5. The number of amides is 2. The van der Waals surface area contributed by atoms with Crippen molar-refractivity contribution in [2.24, 2.45) is 5.73 Å². The Bertz CT molecular complexity index is 1090. The fourth-order valence-corrected chi connectivity index (χ4v) is 4.56. The molecule has 1 aromatic heterocycles. The minimum Gasteiger partial charge on any atom is -0.368 e. The van der Waals surface area contributed by atoms with Crippen LogP contribution in [0.3, 0.4) is 0 Å². The van der Waals surface area contributed by atoms with E-state index >= 15 is 0 Å². The van der Waals surface area contributed by atoms with Crippen molar-refractivity contribution >= 4 is 23.6 Å². The molecule has 0 bridgehead atoms. The summed E-state index contributed by atoms with van der Waals surface area (Å²) in [5.41, 5.74) is 6.56. The van der Waals surface area contributed by atoms with Gasteiger partial charge in [0.15, 0.2) is 11.0 Å². The number of nitrogens with zero attached hydrogens (tertiary/aromatic N) is 4. The zero-order valence-electron chi connectivity index (χ0n) is 16.8. The highest BCUT2D eigenvalue weighted by atomic mass is 32.2. The van der Waals surface area contributed by atoms with Crippen molar-refractivity contribution in [3.05, 3.63) is 60.4 Å². The normalized spacial score (nSPS) is 16.3. The minimum absolute atomic E-state index is 0.0754. The van der Waals surface area contributed by atoms with Gasteiger partial charge >= 0.3 is 0 Å². The van der Waals surface area contributed by atoms with E-state index in [-0.39, 0.29) is 11.7 Å². The number of primary amides is 1. The van der Waals surface area contributed by atoms with Crippen LogP contribution in [-0.4, -0.2) is 49.8 Å². The SMILES string of the molecule is NC(=O)C1CCCCN1C(=O)CSc1nnc(-c2ccccc2F)n1-c1ccccc1. The molecule has 4 rings (SSSR count). The number of piperidine rings is 1. The molecule has 2 heterocycles. The molecule has 1 aliphatic rings. The van der Waals surface area contributed by atoms with Gasteiger partial charge in [-0.3, -0.25) is 14.2 Å². The second-order valence-corrected chi connectivity index (χ2v) is 8.19. The zero-order chi connectivity index (χ0) is 21.8. The van der Waals surface area contributed by atoms with Crippen LogP contribution in [0.15, 0.2) is 59.8 Å². The Labute approximate surface area is 183 Å². The summed E-state index contributed by atoms with van der Waals surface area (Å²) in [6, 6.07) is 15.1. The van der Waals surface area contributed by atoms with Crippen LogP contribution in [0.1, 0.15) is 19.3 Å². The predicted octanol–water partition coefficient (Wildman–Crippen LogP) is 3.03. The molecule has 0 radical (unpaired) electrons. The van der Waals surface area contributed by atoms with E-state index in [1.807, 2.05) is 30.3 Å². The predicted molar refractivity (Wildman–Crippen MR) is 116 cm³/mol. The first-order valence-corrected chi connectivity index (χ1v) is 11.0. The Morgan fingerprint density at radius 2 is 1.81 bits per heavy atom. The number of carbonyl (C=O) groups excluding carboxylic acids is 2. The fraction of sp³-hybridized carbons (Fsp3) is 0.273. The highest BCUT2D eigenvalue weighted by Gasteiger charge is 2.31. The largest absolute Gasteiger partial charge is 0.368 e. The van der Waals surface area contributed by atoms with Gasteiger partial charge in [0, 0.05) is 12.2 Å². The van der Waals surface area contributed by atoms with Crippen LogP contribution in [0.5, 0.6) is 0 Å². The molecule has 1 aliphatic heterocycles. The first kappa shape index (κ1) is 21.0. The Morgan fingerprint density at radius 3 is 2.55 bits per heavy atom. The molecule has 1 saturated heterocycles. The van der Waals surface area contributed by atoms with Gasteiger partial charge in [-0.25, -0.2) is 4.39 Å². The van der Waals surface area contributed by atoms with Crippen LogP contribution < -0.4 is 5.73 Å². The van der Waals surface area contributed by atoms with Crippen LogP contribution in [-0.2, 0) is 9.59 Å². The number of likely N-dealkylation sites (tertiary alicyclic amines) is 1. The van der Waals surface area contributed by atoms with Gasteiger partial charge in [0.25, 0.3) is 0 Å². The van der Waals surface area contributed by atoms with Gasteiger partial charge in [-0.15, -0.1) is 10.2 Å². The number of para-hydroxylation sites is 1. The summed E-state index contributed by atoms with van der Waals surface area (Å²) >= 11 is 1.20. The van der Waals surface area contributed by atoms with Gasteiger partial charge in [0.1, 0.15) is 11.9 Å². The van der Waals surface area contributed by atoms with Crippen LogP contribution in [0, 0.1) is 5.82 Å². The van der Waals surface area contributed by atoms with E-state index in [0.29, 0.717) is 29.5 Å². The number of aromatic nitrogens is 3. The average Bonchev–Trinajstić information content (AvgIpc) is 3.22. The molecular weight excluding hydrogens is 417 g/mol. The van der Waals surface area contributed by atoms with Crippen LogP contribution in [0.25, 0.3) is 17.1 Å². The van der Waals surface area contributed by atoms with E-state index in [0.717, 1.165) is 18.5 Å². The van der Waals surface area contributed by atoms with E-state index in [2.05, 4.69) is 10.2 Å². The van der Waals surface area contributed by atoms with Crippen LogP contribution >= 0.6 is 11.8 Å². The molecule has 7 nitrogen and oxygen atoms in total. The van der Waals surface area contributed by atoms with Gasteiger partial charge in [0.2, 0.25) is 11.8 Å². The summed E-state index contributed by atoms with van der Waals surface area (Å²) in [6.45, 7) is 0.513. The molecule has 1 unspecified atom stereocenters. The Kier molecular flexibility index (Phi) is 6.31. The molecule has 1 fully saturated rings. The first-order chi connectivity index (χ1) is 15.1. The summed E-state index contributed by atoms with van der Waals surface area (Å²) in [6.07, 6.45) is 2.31. The smallest absolute Gasteiger partial charge is 0.240 e. The summed E-state index contributed by atoms with van der Waals surface area (Å²) in [7, 11) is 0. The second-order valence-electron chi connectivity index (χ2n) is 7.25. The molecule has 1 atom stereocenters. The van der Waals surface area contributed by atoms with Crippen molar-refractivity contribution in [3.8, 4) is 17.1 Å². The molecule has 0 spiro atoms. The maximum absolute atomic E-state index is 14.5. The lowest BCUT2D eigenvalue weighted by molar-refractivity contribution is -0.138. The number of hydrogen-bond donors (Lipinski definition) is 1. The van der Waals surface area contributed by atoms with E-state index in [9.17, 15) is 14.0 Å². The number of thioether (sulfide) groups is 1. The summed E-state index contributed by atoms with van der Waals surface area (Å²) in [5, 5.41) is 8.90. The maximum Gasteiger partial charge on any atom is 0.240 e. The Hall–Kier alpha value is -3.20. The molecule has 3 aromatic rings. The van der Waals surface area contributed by atoms with Crippen molar-refractivity contribution in [1.82, 2.24) is 19.7 Å². The molecule has 160 valence electrons. The molecule has 2 amide bonds. The quantitative estimate of drug-likeness (QED) is 0.596. The minimum atomic E-state index is -0.567. The number of rotatable bonds is 6. The van der Waals surface area contributed by atoms with Crippen LogP contribution in [0.2, 0.25) is 0 Å². The van der Waals surface area contributed by atoms with Gasteiger partial charge in [0.05, 0.1) is 11.3 Å². The first-order valence-electron chi connectivity index (χ1n) is 10.0. The summed E-state index contributed by atoms with van der Waals surface area (Å²) < 4.78 is 16.2. The Morgan fingerprint density at radius 1 is 1.06 bits per heavy atom. The van der Waals surface area contributed by atoms with Gasteiger partial charge in [-0.2, -0.15) is 0 Å². The molecule has 2 aromatic carbocycles. The van der Waals surface area contributed by atoms with E-state index < -0.39 is 17.8 Å². The highest BCUT2D eigenvalue weighted by Crippen LogP contribution is 2.30. The molecule has 2 N–H and O–H groups in total. The van der Waals surface area contributed by atoms with E-state index in [4.69, 9.17) is 5.73 Å². The van der Waals surface area contributed by atoms with Crippen molar-refractivity contribution in [3.63, 3.8) is 0 Å². The molecular formula is C22H22FN5O2S. The zero-order valence-corrected chi connectivity index (χ0v) is 17.6. The fourth-order valence-electron chi connectivity index (χ4n) is 3.73. The van der Waals surface area contributed by atoms with Gasteiger partial charge in [-0.05, 0) is 43.5 Å². The number of halogens is 1. The monoisotopic (exact) mass is 439 g/mol. The summed E-state index contributed by atoms with van der Waals surface area (Å²) in [4.78, 5) is 26.1. The van der Waals surface area contributed by atoms with Gasteiger partial charge in [-0.1, -0.05) is 42.1 Å². The maximum atomic E-state index is 14.5. The van der Waals surface area contributed by atoms with Crippen molar-refractivity contribution in [2.45, 2.75) is 30.5 Å². The molecule has 0 aliphatic carbocycles. The van der Waals surface area contributed by atoms with E-state index in [1.165, 1.54) is 17.8 Å². The third-order valence-electron chi connectivity index (χ3n) is 5.24. The number of carbonyl (C=O) groups is 2. The lowest BCUT2D eigenvalue weighted by Crippen LogP contribution is -2.51. The highest BCUT2D eigenvalue weighted by molar-refractivity contribution is 7.99. The lowest BCUT2D eigenvalue weighted by Gasteiger charge is -2.33. The molecule has 9 heteroatoms. The second kappa shape index (κ2) is 9.30. The lowest BCUT2D eigenvalue weighted by atomic mass is 10.0. The third kappa shape index (κ3) is 4.46. The Balaban J connectivity index is 1.62. The van der Waals surface area contributed by atoms with Gasteiger partial charge < -0.3 is 10.6 Å². The summed E-state index contributed by atoms with van der Waals surface area (Å²) in [5.74, 6) is -0.632. The van der Waals surface area contributed by atoms with Crippen molar-refractivity contribution < 1.29 is 14.0 Å². The topological polar surface area (TPSA) is 94.1 Å². The molecule has 0 saturated carbocycles. The average molecular weight is 440 g/mol. The standard InChI is InChI=1S/C22H22FN5O2S/c23-17-11-5-4-10-16(17)21-25-26-22(28(21)15-8-2-1-3-9-15)31-14-19(29)27-13-7-6-12-18(27)20(24)30/h1-5,8-11,18H,6-7,12-14H2,(H2,24,30). The van der Waals surface area contributed by atoms with Crippen molar-refractivity contribution in [1.29, 1.82) is 0 Å². The third-order valence-corrected chi connectivity index (χ3v) is 6.15.